The van der Waals surface area contributed by atoms with Crippen LogP contribution >= 0.6 is 0 Å². The van der Waals surface area contributed by atoms with Gasteiger partial charge in [-0.3, -0.25) is 0 Å². The maximum absolute atomic E-state index is 10.8. The van der Waals surface area contributed by atoms with Crippen LogP contribution in [0.15, 0.2) is 4.36 Å². The Balaban J connectivity index is 4.13. The van der Waals surface area contributed by atoms with Crippen molar-refractivity contribution >= 4 is 10.6 Å². The predicted octanol–water partition coefficient (Wildman–Crippen LogP) is 1.95. The third-order valence-corrected chi connectivity index (χ3v) is 1.87. The molecule has 0 aromatic rings. The Bertz CT molecular complexity index is 151. The highest BCUT2D eigenvalue weighted by Gasteiger charge is 2.00. The van der Waals surface area contributed by atoms with E-state index in [2.05, 4.69) is 4.36 Å². The maximum atomic E-state index is 10.8. The highest BCUT2D eigenvalue weighted by atomic mass is 32.2. The summed E-state index contributed by atoms with van der Waals surface area (Å²) in [5.41, 5.74) is -0.152. The first kappa shape index (κ1) is 8.95. The smallest absolute Gasteiger partial charge is 0.0265 e. The molecule has 0 atom stereocenters. The molecule has 0 aliphatic rings. The molecule has 0 aliphatic heterocycles. The summed E-state index contributed by atoms with van der Waals surface area (Å²) in [6, 6.07) is 0. The Morgan fingerprint density at radius 3 is 2.00 bits per heavy atom. The van der Waals surface area contributed by atoms with E-state index < -0.39 is 10.6 Å². The van der Waals surface area contributed by atoms with Crippen molar-refractivity contribution in [3.63, 3.8) is 0 Å². The quantitative estimate of drug-likeness (QED) is 0.523. The summed E-state index contributed by atoms with van der Waals surface area (Å²) in [6.07, 6.45) is 0. The SMILES string of the molecule is CC[S-](=O)=NC(C)(C)C. The second-order valence-electron chi connectivity index (χ2n) is 2.87. The second-order valence-corrected chi connectivity index (χ2v) is 4.28. The molecule has 0 heterocycles. The third kappa shape index (κ3) is 5.83. The Labute approximate surface area is 58.9 Å². The van der Waals surface area contributed by atoms with Gasteiger partial charge in [0.05, 0.1) is 0 Å². The number of hydrogen-bond donors (Lipinski definition) is 0. The number of rotatable bonds is 1. The van der Waals surface area contributed by atoms with Crippen molar-refractivity contribution in [2.24, 2.45) is 4.36 Å². The lowest BCUT2D eigenvalue weighted by atomic mass is 10.1. The van der Waals surface area contributed by atoms with Crippen LogP contribution in [0.5, 0.6) is 0 Å². The van der Waals surface area contributed by atoms with Crippen molar-refractivity contribution in [2.45, 2.75) is 33.2 Å². The molecule has 0 aliphatic carbocycles. The molecule has 0 amide bonds. The Morgan fingerprint density at radius 2 is 1.89 bits per heavy atom. The fourth-order valence-corrected chi connectivity index (χ4v) is 1.11. The minimum absolute atomic E-state index is 0.152. The first-order valence-corrected chi connectivity index (χ1v) is 4.34. The van der Waals surface area contributed by atoms with Crippen molar-refractivity contribution < 1.29 is 4.21 Å². The monoisotopic (exact) mass is 148 g/mol. The van der Waals surface area contributed by atoms with Gasteiger partial charge < -0.3 is 8.57 Å². The molecule has 3 heteroatoms. The van der Waals surface area contributed by atoms with Gasteiger partial charge in [-0.2, -0.15) is 10.6 Å². The van der Waals surface area contributed by atoms with Crippen LogP contribution in [0.3, 0.4) is 0 Å². The topological polar surface area (TPSA) is 29.4 Å². The van der Waals surface area contributed by atoms with E-state index in [9.17, 15) is 4.21 Å². The van der Waals surface area contributed by atoms with Crippen LogP contribution in [0.25, 0.3) is 0 Å². The third-order valence-electron chi connectivity index (χ3n) is 0.623. The standard InChI is InChI=1S/C6H14NOS/c1-5-9(8)7-6(2,3)4/h5H2,1-4H3/q-1. The summed E-state index contributed by atoms with van der Waals surface area (Å²) in [4.78, 5) is 0. The highest BCUT2D eigenvalue weighted by Crippen LogP contribution is 2.05. The lowest BCUT2D eigenvalue weighted by Crippen LogP contribution is -2.09. The molecule has 0 bridgehead atoms. The Kier molecular flexibility index (Phi) is 3.18. The molecule has 0 unspecified atom stereocenters. The first-order valence-electron chi connectivity index (χ1n) is 3.07. The fourth-order valence-electron chi connectivity index (χ4n) is 0.370. The Morgan fingerprint density at radius 1 is 1.44 bits per heavy atom. The molecule has 0 radical (unpaired) electrons. The largest absolute Gasteiger partial charge is 0.444 e. The van der Waals surface area contributed by atoms with Crippen LogP contribution in [0.4, 0.5) is 0 Å². The summed E-state index contributed by atoms with van der Waals surface area (Å²) in [6.45, 7) is 7.70. The van der Waals surface area contributed by atoms with Gasteiger partial charge in [-0.15, -0.1) is 0 Å². The van der Waals surface area contributed by atoms with E-state index >= 15 is 0 Å². The molecule has 0 rings (SSSR count). The zero-order chi connectivity index (χ0) is 7.49. The molecular formula is C6H14NOS-. The summed E-state index contributed by atoms with van der Waals surface area (Å²) in [7, 11) is -0.971. The van der Waals surface area contributed by atoms with E-state index in [1.807, 2.05) is 27.7 Å². The second kappa shape index (κ2) is 3.20. The van der Waals surface area contributed by atoms with Gasteiger partial charge in [0.25, 0.3) is 0 Å². The predicted molar refractivity (Wildman–Crippen MR) is 40.8 cm³/mol. The van der Waals surface area contributed by atoms with Gasteiger partial charge in [0, 0.05) is 5.54 Å². The van der Waals surface area contributed by atoms with Gasteiger partial charge in [0.2, 0.25) is 0 Å². The van der Waals surface area contributed by atoms with Crippen LogP contribution in [0.1, 0.15) is 27.7 Å². The minimum Gasteiger partial charge on any atom is -0.444 e. The molecule has 2 nitrogen and oxygen atoms in total. The molecule has 0 aromatic carbocycles. The average Bonchev–Trinajstić information content (AvgIpc) is 1.62. The number of hydrogen-bond acceptors (Lipinski definition) is 3. The molecule has 9 heavy (non-hydrogen) atoms. The first-order chi connectivity index (χ1) is 3.95. The van der Waals surface area contributed by atoms with Crippen LogP contribution in [-0.2, 0) is 14.8 Å². The van der Waals surface area contributed by atoms with Crippen molar-refractivity contribution in [3.05, 3.63) is 0 Å². The van der Waals surface area contributed by atoms with Crippen LogP contribution < -0.4 is 0 Å². The summed E-state index contributed by atoms with van der Waals surface area (Å²) >= 11 is 0. The van der Waals surface area contributed by atoms with Crippen molar-refractivity contribution in [3.8, 4) is 0 Å². The van der Waals surface area contributed by atoms with Gasteiger partial charge in [0.15, 0.2) is 0 Å². The fraction of sp³-hybridized carbons (Fsp3) is 1.00. The average molecular weight is 148 g/mol. The highest BCUT2D eigenvalue weighted by molar-refractivity contribution is 7.74. The van der Waals surface area contributed by atoms with E-state index in [1.54, 1.807) is 0 Å². The lowest BCUT2D eigenvalue weighted by molar-refractivity contribution is 0.567. The van der Waals surface area contributed by atoms with Gasteiger partial charge in [0.1, 0.15) is 0 Å². The number of nitrogens with zero attached hydrogens (tertiary/aromatic N) is 1. The van der Waals surface area contributed by atoms with Crippen molar-refractivity contribution in [2.75, 3.05) is 5.75 Å². The van der Waals surface area contributed by atoms with Gasteiger partial charge in [-0.05, 0) is 20.8 Å². The molecule has 0 saturated carbocycles. The molecule has 0 fully saturated rings. The molecule has 56 valence electrons. The molecular weight excluding hydrogens is 134 g/mol. The molecule has 0 N–H and O–H groups in total. The van der Waals surface area contributed by atoms with Crippen molar-refractivity contribution in [1.29, 1.82) is 0 Å². The van der Waals surface area contributed by atoms with Crippen LogP contribution in [0.2, 0.25) is 0 Å². The van der Waals surface area contributed by atoms with E-state index in [-0.39, 0.29) is 5.54 Å². The summed E-state index contributed by atoms with van der Waals surface area (Å²) in [5, 5.41) is 0. The van der Waals surface area contributed by atoms with Gasteiger partial charge in [-0.1, -0.05) is 12.7 Å². The molecule has 0 spiro atoms. The van der Waals surface area contributed by atoms with Crippen LogP contribution in [0, 0.1) is 0 Å². The zero-order valence-corrected chi connectivity index (χ0v) is 7.29. The summed E-state index contributed by atoms with van der Waals surface area (Å²) in [5.74, 6) is 0.622. The molecule has 0 aromatic heterocycles. The van der Waals surface area contributed by atoms with E-state index in [4.69, 9.17) is 0 Å². The van der Waals surface area contributed by atoms with Gasteiger partial charge in [-0.25, -0.2) is 0 Å². The van der Waals surface area contributed by atoms with E-state index in [0.717, 1.165) is 0 Å². The minimum atomic E-state index is -0.971. The maximum Gasteiger partial charge on any atom is 0.0265 e. The summed E-state index contributed by atoms with van der Waals surface area (Å²) < 4.78 is 14.8. The zero-order valence-electron chi connectivity index (χ0n) is 6.47. The normalized spacial score (nSPS) is 16.0. The van der Waals surface area contributed by atoms with E-state index in [1.165, 1.54) is 0 Å². The van der Waals surface area contributed by atoms with Crippen molar-refractivity contribution in [1.82, 2.24) is 0 Å². The van der Waals surface area contributed by atoms with Gasteiger partial charge >= 0.3 is 0 Å². The van der Waals surface area contributed by atoms with E-state index in [0.29, 0.717) is 5.75 Å². The lowest BCUT2D eigenvalue weighted by Gasteiger charge is -2.16. The Hall–Kier alpha value is -0.0500. The van der Waals surface area contributed by atoms with Crippen LogP contribution in [-0.4, -0.2) is 11.3 Å². The molecule has 0 saturated heterocycles.